The zero-order valence-electron chi connectivity index (χ0n) is 17.2. The number of hydrogen-bond acceptors (Lipinski definition) is 4. The molecule has 0 spiro atoms. The van der Waals surface area contributed by atoms with Crippen molar-refractivity contribution in [3.05, 3.63) is 54.6 Å². The van der Waals surface area contributed by atoms with E-state index in [1.807, 2.05) is 30.3 Å². The monoisotopic (exact) mass is 402 g/mol. The minimum atomic E-state index is -3.53. The van der Waals surface area contributed by atoms with Crippen molar-refractivity contribution in [1.29, 1.82) is 0 Å². The lowest BCUT2D eigenvalue weighted by molar-refractivity contribution is 0.0414. The Hall–Kier alpha value is -1.77. The van der Waals surface area contributed by atoms with Crippen LogP contribution in [0.2, 0.25) is 0 Å². The fourth-order valence-corrected chi connectivity index (χ4v) is 5.74. The second kappa shape index (κ2) is 9.15. The predicted molar refractivity (Wildman–Crippen MR) is 114 cm³/mol. The van der Waals surface area contributed by atoms with Crippen molar-refractivity contribution in [2.75, 3.05) is 7.11 Å². The molecule has 28 heavy (non-hydrogen) atoms. The van der Waals surface area contributed by atoms with E-state index in [0.29, 0.717) is 28.8 Å². The van der Waals surface area contributed by atoms with Crippen LogP contribution in [0.5, 0.6) is 11.5 Å². The molecule has 4 atom stereocenters. The Bertz CT molecular complexity index is 788. The Kier molecular flexibility index (Phi) is 6.85. The lowest BCUT2D eigenvalue weighted by atomic mass is 9.75. The molecule has 3 rings (SSSR count). The minimum Gasteiger partial charge on any atom is -0.497 e. The fraction of sp³-hybridized carbons (Fsp3) is 0.478. The summed E-state index contributed by atoms with van der Waals surface area (Å²) in [5.41, 5.74) is 0. The molecule has 0 bridgehead atoms. The maximum Gasteiger partial charge on any atom is 0.411 e. The first-order valence-corrected chi connectivity index (χ1v) is 11.6. The van der Waals surface area contributed by atoms with Crippen LogP contribution in [0.1, 0.15) is 40.0 Å². The molecule has 0 saturated heterocycles. The van der Waals surface area contributed by atoms with Gasteiger partial charge >= 0.3 is 7.60 Å². The highest BCUT2D eigenvalue weighted by Gasteiger charge is 2.39. The van der Waals surface area contributed by atoms with E-state index in [1.165, 1.54) is 6.42 Å². The molecule has 0 radical (unpaired) electrons. The van der Waals surface area contributed by atoms with Gasteiger partial charge in [0.2, 0.25) is 0 Å². The molecule has 2 aromatic rings. The summed E-state index contributed by atoms with van der Waals surface area (Å²) in [6.07, 6.45) is 3.12. The number of rotatable bonds is 7. The van der Waals surface area contributed by atoms with Gasteiger partial charge < -0.3 is 9.26 Å². The van der Waals surface area contributed by atoms with E-state index in [4.69, 9.17) is 13.8 Å². The topological polar surface area (TPSA) is 44.8 Å². The van der Waals surface area contributed by atoms with Gasteiger partial charge in [-0.25, -0.2) is 4.57 Å². The zero-order valence-corrected chi connectivity index (χ0v) is 18.1. The maximum atomic E-state index is 14.0. The van der Waals surface area contributed by atoms with Crippen LogP contribution in [-0.2, 0) is 9.09 Å². The molecule has 1 aliphatic rings. The number of methoxy groups -OCH3 is 1. The summed E-state index contributed by atoms with van der Waals surface area (Å²) >= 11 is 0. The van der Waals surface area contributed by atoms with Crippen LogP contribution in [0.4, 0.5) is 0 Å². The van der Waals surface area contributed by atoms with Crippen LogP contribution in [0.25, 0.3) is 0 Å². The first-order chi connectivity index (χ1) is 13.4. The summed E-state index contributed by atoms with van der Waals surface area (Å²) in [7, 11) is -1.91. The molecule has 1 fully saturated rings. The number of benzene rings is 2. The molecule has 152 valence electrons. The van der Waals surface area contributed by atoms with Crippen molar-refractivity contribution >= 4 is 12.9 Å². The van der Waals surface area contributed by atoms with Crippen molar-refractivity contribution in [3.63, 3.8) is 0 Å². The van der Waals surface area contributed by atoms with Crippen LogP contribution in [0, 0.1) is 17.8 Å². The van der Waals surface area contributed by atoms with E-state index in [0.717, 1.165) is 18.6 Å². The van der Waals surface area contributed by atoms with Crippen LogP contribution in [0.15, 0.2) is 54.6 Å². The molecule has 0 amide bonds. The second-order valence-electron chi connectivity index (χ2n) is 8.07. The van der Waals surface area contributed by atoms with Crippen molar-refractivity contribution in [2.45, 2.75) is 46.1 Å². The molecule has 0 aliphatic heterocycles. The quantitative estimate of drug-likeness (QED) is 0.527. The van der Waals surface area contributed by atoms with Gasteiger partial charge in [-0.15, -0.1) is 0 Å². The average molecular weight is 402 g/mol. The SMILES string of the molecule is COc1ccc(OP(=O)(O[C@H]2C[C@@H](C)CC[C@@H]2C(C)C)c2ccccc2)cc1. The molecule has 0 heterocycles. The highest BCUT2D eigenvalue weighted by Crippen LogP contribution is 2.52. The van der Waals surface area contributed by atoms with Gasteiger partial charge in [0.1, 0.15) is 11.5 Å². The van der Waals surface area contributed by atoms with E-state index < -0.39 is 7.60 Å². The van der Waals surface area contributed by atoms with Crippen LogP contribution in [0.3, 0.4) is 0 Å². The largest absolute Gasteiger partial charge is 0.497 e. The molecule has 2 aromatic carbocycles. The van der Waals surface area contributed by atoms with Gasteiger partial charge in [0, 0.05) is 0 Å². The van der Waals surface area contributed by atoms with Gasteiger partial charge in [0.05, 0.1) is 18.5 Å². The third kappa shape index (κ3) is 4.98. The van der Waals surface area contributed by atoms with E-state index in [9.17, 15) is 4.57 Å². The zero-order chi connectivity index (χ0) is 20.1. The Balaban J connectivity index is 1.90. The van der Waals surface area contributed by atoms with Crippen molar-refractivity contribution < 1.29 is 18.3 Å². The highest BCUT2D eigenvalue weighted by molar-refractivity contribution is 7.62. The van der Waals surface area contributed by atoms with Crippen LogP contribution in [-0.4, -0.2) is 13.2 Å². The molecule has 0 N–H and O–H groups in total. The lowest BCUT2D eigenvalue weighted by Crippen LogP contribution is -2.35. The van der Waals surface area contributed by atoms with Gasteiger partial charge in [-0.2, -0.15) is 0 Å². The van der Waals surface area contributed by atoms with Crippen molar-refractivity contribution in [2.24, 2.45) is 17.8 Å². The average Bonchev–Trinajstić information content (AvgIpc) is 2.69. The first-order valence-electron chi connectivity index (χ1n) is 10.1. The molecular weight excluding hydrogens is 371 g/mol. The smallest absolute Gasteiger partial charge is 0.411 e. The van der Waals surface area contributed by atoms with Crippen molar-refractivity contribution in [1.82, 2.24) is 0 Å². The lowest BCUT2D eigenvalue weighted by Gasteiger charge is -2.38. The molecule has 0 aromatic heterocycles. The van der Waals surface area contributed by atoms with Crippen LogP contribution >= 0.6 is 7.60 Å². The van der Waals surface area contributed by atoms with Gasteiger partial charge in [0.25, 0.3) is 0 Å². The molecule has 1 unspecified atom stereocenters. The molecule has 1 aliphatic carbocycles. The predicted octanol–water partition coefficient (Wildman–Crippen LogP) is 6.07. The summed E-state index contributed by atoms with van der Waals surface area (Å²) in [5.74, 6) is 2.65. The van der Waals surface area contributed by atoms with E-state index in [-0.39, 0.29) is 6.10 Å². The standard InChI is InChI=1S/C23H31O4P/c1-17(2)22-15-10-18(3)16-23(22)27-28(24,21-8-6-5-7-9-21)26-20-13-11-19(25-4)12-14-20/h5-9,11-14,17-18,22-23H,10,15-16H2,1-4H3/t18-,22+,23-,28?/m0/s1. The van der Waals surface area contributed by atoms with E-state index in [2.05, 4.69) is 20.8 Å². The number of hydrogen-bond donors (Lipinski definition) is 0. The molecule has 1 saturated carbocycles. The normalized spacial score (nSPS) is 24.5. The fourth-order valence-electron chi connectivity index (χ4n) is 3.94. The van der Waals surface area contributed by atoms with Crippen molar-refractivity contribution in [3.8, 4) is 11.5 Å². The third-order valence-electron chi connectivity index (χ3n) is 5.59. The van der Waals surface area contributed by atoms with E-state index in [1.54, 1.807) is 31.4 Å². The highest BCUT2D eigenvalue weighted by atomic mass is 31.2. The second-order valence-corrected chi connectivity index (χ2v) is 9.97. The molecule has 4 nitrogen and oxygen atoms in total. The molecule has 5 heteroatoms. The van der Waals surface area contributed by atoms with Gasteiger partial charge in [-0.3, -0.25) is 4.52 Å². The Morgan fingerprint density at radius 1 is 0.964 bits per heavy atom. The maximum absolute atomic E-state index is 14.0. The van der Waals surface area contributed by atoms with E-state index >= 15 is 0 Å². The summed E-state index contributed by atoms with van der Waals surface area (Å²) < 4.78 is 31.6. The molecular formula is C23H31O4P. The summed E-state index contributed by atoms with van der Waals surface area (Å²) in [5, 5.41) is 0.589. The Morgan fingerprint density at radius 3 is 2.21 bits per heavy atom. The van der Waals surface area contributed by atoms with Gasteiger partial charge in [-0.05, 0) is 67.0 Å². The van der Waals surface area contributed by atoms with Crippen LogP contribution < -0.4 is 14.6 Å². The van der Waals surface area contributed by atoms with Gasteiger partial charge in [0.15, 0.2) is 0 Å². The summed E-state index contributed by atoms with van der Waals surface area (Å²) in [4.78, 5) is 0. The Morgan fingerprint density at radius 2 is 1.61 bits per heavy atom. The third-order valence-corrected chi connectivity index (χ3v) is 7.52. The van der Waals surface area contributed by atoms with Gasteiger partial charge in [-0.1, -0.05) is 45.4 Å². The number of ether oxygens (including phenoxy) is 1. The summed E-state index contributed by atoms with van der Waals surface area (Å²) in [6.45, 7) is 6.67. The Labute approximate surface area is 168 Å². The summed E-state index contributed by atoms with van der Waals surface area (Å²) in [6, 6.07) is 16.4. The first kappa shape index (κ1) is 21.0. The minimum absolute atomic E-state index is 0.0759.